The van der Waals surface area contributed by atoms with Gasteiger partial charge in [-0.05, 0) is 57.9 Å². The maximum absolute atomic E-state index is 11.7. The minimum absolute atomic E-state index is 0.150. The first-order chi connectivity index (χ1) is 10.9. The number of hydrogen-bond acceptors (Lipinski definition) is 4. The molecule has 1 aliphatic heterocycles. The second-order valence-corrected chi connectivity index (χ2v) is 8.76. The summed E-state index contributed by atoms with van der Waals surface area (Å²) in [6.45, 7) is 1.93. The molecule has 23 heavy (non-hydrogen) atoms. The number of benzene rings is 1. The number of thiophene rings is 1. The summed E-state index contributed by atoms with van der Waals surface area (Å²) in [5, 5.41) is 6.64. The van der Waals surface area contributed by atoms with Crippen molar-refractivity contribution in [1.29, 1.82) is 0 Å². The lowest BCUT2D eigenvalue weighted by Gasteiger charge is -2.26. The van der Waals surface area contributed by atoms with Gasteiger partial charge in [0.05, 0.1) is 20.5 Å². The Balaban J connectivity index is 2.11. The van der Waals surface area contributed by atoms with E-state index in [4.69, 9.17) is 34.8 Å². The van der Waals surface area contributed by atoms with Crippen LogP contribution in [0, 0.1) is 5.92 Å². The van der Waals surface area contributed by atoms with Crippen LogP contribution >= 0.6 is 62.1 Å². The van der Waals surface area contributed by atoms with Gasteiger partial charge in [0.2, 0.25) is 0 Å². The highest BCUT2D eigenvalue weighted by Gasteiger charge is 2.40. The fourth-order valence-corrected chi connectivity index (χ4v) is 4.89. The molecule has 2 atom stereocenters. The first-order valence-corrected chi connectivity index (χ1v) is 9.40. The number of anilines is 1. The first kappa shape index (κ1) is 17.2. The number of carbonyl (C=O) groups excluding carboxylic acids is 1. The Bertz CT molecular complexity index is 808. The van der Waals surface area contributed by atoms with Gasteiger partial charge in [0.15, 0.2) is 0 Å². The molecule has 0 fully saturated rings. The van der Waals surface area contributed by atoms with Gasteiger partial charge in [-0.25, -0.2) is 0 Å². The Kier molecular flexibility index (Phi) is 5.04. The van der Waals surface area contributed by atoms with Gasteiger partial charge in [0.25, 0.3) is 5.24 Å². The standard InChI is InChI=1S/C15H10BrCl3N2OS/c1-7-13(15(19)22)20-21(10-3-2-8(17)6-9(10)18)14(7)11-4-5-12(16)23-11/h2-7,14H,1H3/t7-,14+/m0/s1. The minimum Gasteiger partial charge on any atom is -0.274 e. The third-order valence-corrected chi connectivity index (χ3v) is 6.05. The number of hydrogen-bond donors (Lipinski definition) is 0. The molecule has 0 bridgehead atoms. The van der Waals surface area contributed by atoms with Crippen LogP contribution in [-0.2, 0) is 4.79 Å². The first-order valence-electron chi connectivity index (χ1n) is 6.66. The number of halogens is 4. The summed E-state index contributed by atoms with van der Waals surface area (Å²) in [4.78, 5) is 12.8. The van der Waals surface area contributed by atoms with Gasteiger partial charge in [-0.15, -0.1) is 11.3 Å². The molecule has 120 valence electrons. The lowest BCUT2D eigenvalue weighted by Crippen LogP contribution is -2.24. The molecule has 2 heterocycles. The largest absolute Gasteiger partial charge is 0.274 e. The third kappa shape index (κ3) is 3.30. The summed E-state index contributed by atoms with van der Waals surface area (Å²) in [6, 6.07) is 9.00. The average molecular weight is 453 g/mol. The van der Waals surface area contributed by atoms with Crippen LogP contribution in [0.1, 0.15) is 17.8 Å². The van der Waals surface area contributed by atoms with E-state index in [0.29, 0.717) is 21.4 Å². The zero-order valence-corrected chi connectivity index (χ0v) is 16.4. The quantitative estimate of drug-likeness (QED) is 0.524. The van der Waals surface area contributed by atoms with Gasteiger partial charge >= 0.3 is 0 Å². The van der Waals surface area contributed by atoms with Gasteiger partial charge in [0.1, 0.15) is 5.71 Å². The number of hydrazone groups is 1. The molecule has 0 saturated heterocycles. The van der Waals surface area contributed by atoms with Crippen molar-refractivity contribution >= 4 is 78.7 Å². The predicted molar refractivity (Wildman–Crippen MR) is 101 cm³/mol. The van der Waals surface area contributed by atoms with E-state index in [1.54, 1.807) is 34.5 Å². The molecular formula is C15H10BrCl3N2OS. The number of rotatable bonds is 3. The van der Waals surface area contributed by atoms with Gasteiger partial charge in [-0.1, -0.05) is 30.1 Å². The molecule has 3 nitrogen and oxygen atoms in total. The zero-order chi connectivity index (χ0) is 16.7. The molecule has 0 saturated carbocycles. The normalized spacial score (nSPS) is 20.7. The van der Waals surface area contributed by atoms with Gasteiger partial charge in [0, 0.05) is 15.8 Å². The number of carbonyl (C=O) groups is 1. The Morgan fingerprint density at radius 1 is 1.30 bits per heavy atom. The van der Waals surface area contributed by atoms with Crippen molar-refractivity contribution in [3.8, 4) is 0 Å². The molecule has 3 rings (SSSR count). The second-order valence-electron chi connectivity index (χ2n) is 5.07. The van der Waals surface area contributed by atoms with E-state index in [1.807, 2.05) is 19.1 Å². The maximum atomic E-state index is 11.7. The van der Waals surface area contributed by atoms with Crippen molar-refractivity contribution in [3.63, 3.8) is 0 Å². The van der Waals surface area contributed by atoms with E-state index in [9.17, 15) is 4.79 Å². The van der Waals surface area contributed by atoms with Crippen molar-refractivity contribution in [2.45, 2.75) is 13.0 Å². The van der Waals surface area contributed by atoms with E-state index in [0.717, 1.165) is 8.66 Å². The van der Waals surface area contributed by atoms with E-state index in [2.05, 4.69) is 21.0 Å². The van der Waals surface area contributed by atoms with E-state index < -0.39 is 5.24 Å². The highest BCUT2D eigenvalue weighted by Crippen LogP contribution is 2.45. The maximum Gasteiger partial charge on any atom is 0.268 e. The third-order valence-electron chi connectivity index (χ3n) is 3.63. The topological polar surface area (TPSA) is 32.7 Å². The van der Waals surface area contributed by atoms with Crippen LogP contribution in [0.5, 0.6) is 0 Å². The highest BCUT2D eigenvalue weighted by atomic mass is 79.9. The van der Waals surface area contributed by atoms with E-state index in [-0.39, 0.29) is 12.0 Å². The Labute approximate surface area is 161 Å². The molecule has 0 N–H and O–H groups in total. The Morgan fingerprint density at radius 2 is 2.04 bits per heavy atom. The summed E-state index contributed by atoms with van der Waals surface area (Å²) in [5.41, 5.74) is 1.01. The summed E-state index contributed by atoms with van der Waals surface area (Å²) in [5.74, 6) is -0.155. The lowest BCUT2D eigenvalue weighted by molar-refractivity contribution is -0.106. The molecule has 8 heteroatoms. The number of nitrogens with zero attached hydrogens (tertiary/aromatic N) is 2. The van der Waals surface area contributed by atoms with Crippen LogP contribution in [-0.4, -0.2) is 11.0 Å². The summed E-state index contributed by atoms with van der Waals surface area (Å²) in [6.07, 6.45) is 0. The smallest absolute Gasteiger partial charge is 0.268 e. The van der Waals surface area contributed by atoms with Gasteiger partial charge in [-0.2, -0.15) is 5.10 Å². The van der Waals surface area contributed by atoms with Crippen molar-refractivity contribution in [1.82, 2.24) is 0 Å². The summed E-state index contributed by atoms with van der Waals surface area (Å²) in [7, 11) is 0. The molecule has 0 radical (unpaired) electrons. The van der Waals surface area contributed by atoms with Crippen LogP contribution in [0.25, 0.3) is 0 Å². The molecule has 1 aliphatic rings. The minimum atomic E-state index is -0.550. The fraction of sp³-hybridized carbons (Fsp3) is 0.200. The molecule has 0 aliphatic carbocycles. The summed E-state index contributed by atoms with van der Waals surface area (Å²) < 4.78 is 1.01. The van der Waals surface area contributed by atoms with Crippen molar-refractivity contribution in [2.75, 3.05) is 5.01 Å². The van der Waals surface area contributed by atoms with Gasteiger partial charge < -0.3 is 0 Å². The predicted octanol–water partition coefficient (Wildman–Crippen LogP) is 6.14. The van der Waals surface area contributed by atoms with E-state index >= 15 is 0 Å². The van der Waals surface area contributed by atoms with Gasteiger partial charge in [-0.3, -0.25) is 9.80 Å². The fourth-order valence-electron chi connectivity index (χ4n) is 2.57. The second kappa shape index (κ2) is 6.73. The van der Waals surface area contributed by atoms with Crippen LogP contribution in [0.4, 0.5) is 5.69 Å². The van der Waals surface area contributed by atoms with Crippen LogP contribution in [0.2, 0.25) is 10.0 Å². The zero-order valence-electron chi connectivity index (χ0n) is 11.8. The highest BCUT2D eigenvalue weighted by molar-refractivity contribution is 9.11. The molecule has 0 amide bonds. The summed E-state index contributed by atoms with van der Waals surface area (Å²) >= 11 is 23.0. The molecule has 1 aromatic heterocycles. The van der Waals surface area contributed by atoms with Crippen molar-refractivity contribution < 1.29 is 4.79 Å². The monoisotopic (exact) mass is 450 g/mol. The van der Waals surface area contributed by atoms with Crippen LogP contribution in [0.3, 0.4) is 0 Å². The van der Waals surface area contributed by atoms with Crippen LogP contribution < -0.4 is 5.01 Å². The molecule has 2 aromatic rings. The molecular weight excluding hydrogens is 443 g/mol. The van der Waals surface area contributed by atoms with Crippen LogP contribution in [0.15, 0.2) is 39.2 Å². The average Bonchev–Trinajstić information content (AvgIpc) is 3.02. The lowest BCUT2D eigenvalue weighted by atomic mass is 9.96. The molecule has 1 aromatic carbocycles. The Hall–Kier alpha value is -0.590. The molecule has 0 spiro atoms. The Morgan fingerprint density at radius 3 is 2.61 bits per heavy atom. The van der Waals surface area contributed by atoms with E-state index in [1.165, 1.54) is 0 Å². The van der Waals surface area contributed by atoms with Crippen molar-refractivity contribution in [3.05, 3.63) is 49.0 Å². The SMILES string of the molecule is C[C@H]1C(C(=O)Cl)=NN(c2ccc(Cl)cc2Cl)[C@H]1c1ccc(Br)s1. The van der Waals surface area contributed by atoms with Crippen molar-refractivity contribution in [2.24, 2.45) is 11.0 Å². The molecule has 0 unspecified atom stereocenters.